The van der Waals surface area contributed by atoms with Gasteiger partial charge in [0.15, 0.2) is 0 Å². The van der Waals surface area contributed by atoms with Gasteiger partial charge in [0.1, 0.15) is 5.82 Å². The number of nitrogens with zero attached hydrogens (tertiary/aromatic N) is 3. The first-order valence-corrected chi connectivity index (χ1v) is 12.4. The van der Waals surface area contributed by atoms with Crippen molar-refractivity contribution >= 4 is 28.5 Å². The summed E-state index contributed by atoms with van der Waals surface area (Å²) < 4.78 is 13.7. The van der Waals surface area contributed by atoms with E-state index in [1.54, 1.807) is 19.3 Å². The van der Waals surface area contributed by atoms with Gasteiger partial charge in [0, 0.05) is 31.1 Å². The molecule has 3 amide bonds. The number of likely N-dealkylation sites (tertiary alicyclic amines) is 1. The molecular weight excluding hydrogens is 473 g/mol. The van der Waals surface area contributed by atoms with Crippen LogP contribution in [0, 0.1) is 12.7 Å². The van der Waals surface area contributed by atoms with E-state index in [1.807, 2.05) is 36.2 Å². The van der Waals surface area contributed by atoms with E-state index < -0.39 is 0 Å². The van der Waals surface area contributed by atoms with Crippen LogP contribution in [0.25, 0.3) is 10.9 Å². The van der Waals surface area contributed by atoms with Gasteiger partial charge in [-0.25, -0.2) is 9.18 Å². The normalized spacial score (nSPS) is 16.5. The van der Waals surface area contributed by atoms with Crippen molar-refractivity contribution in [3.05, 3.63) is 71.8 Å². The molecule has 2 aromatic carbocycles. The SMILES string of the molecule is C=CN1CCC(N2Cc3cccc(F)c3NC2=O)CC1.CNC(Cc1cc(C)c2[nH]ncc2c1)C(N)=O. The zero-order valence-corrected chi connectivity index (χ0v) is 21.3. The first kappa shape index (κ1) is 26.2. The third kappa shape index (κ3) is 5.91. The third-order valence-corrected chi connectivity index (χ3v) is 7.07. The van der Waals surface area contributed by atoms with Crippen molar-refractivity contribution in [2.45, 2.75) is 44.8 Å². The smallest absolute Gasteiger partial charge is 0.322 e. The molecule has 1 saturated heterocycles. The van der Waals surface area contributed by atoms with Gasteiger partial charge >= 0.3 is 6.03 Å². The van der Waals surface area contributed by atoms with Crippen molar-refractivity contribution in [3.63, 3.8) is 0 Å². The van der Waals surface area contributed by atoms with Gasteiger partial charge in [0.05, 0.1) is 23.4 Å². The number of rotatable bonds is 6. The molecule has 2 aliphatic heterocycles. The molecule has 1 aromatic heterocycles. The molecule has 10 heteroatoms. The zero-order valence-electron chi connectivity index (χ0n) is 21.3. The van der Waals surface area contributed by atoms with Gasteiger partial charge in [0.2, 0.25) is 5.91 Å². The average molecular weight is 508 g/mol. The first-order valence-electron chi connectivity index (χ1n) is 12.4. The number of nitrogens with two attached hydrogens (primary N) is 1. The van der Waals surface area contributed by atoms with E-state index in [0.29, 0.717) is 18.7 Å². The summed E-state index contributed by atoms with van der Waals surface area (Å²) >= 11 is 0. The highest BCUT2D eigenvalue weighted by atomic mass is 19.1. The molecule has 3 aromatic rings. The molecule has 196 valence electrons. The molecule has 37 heavy (non-hydrogen) atoms. The van der Waals surface area contributed by atoms with Crippen LogP contribution in [0.5, 0.6) is 0 Å². The highest BCUT2D eigenvalue weighted by Crippen LogP contribution is 2.29. The van der Waals surface area contributed by atoms with Gasteiger partial charge in [-0.05, 0) is 68.3 Å². The van der Waals surface area contributed by atoms with Crippen LogP contribution in [0.2, 0.25) is 0 Å². The van der Waals surface area contributed by atoms with Gasteiger partial charge in [-0.1, -0.05) is 24.8 Å². The van der Waals surface area contributed by atoms with Crippen LogP contribution in [0.1, 0.15) is 29.5 Å². The number of aryl methyl sites for hydroxylation is 1. The number of carbonyl (C=O) groups is 2. The van der Waals surface area contributed by atoms with Crippen LogP contribution in [-0.2, 0) is 17.8 Å². The molecule has 1 fully saturated rings. The fourth-order valence-electron chi connectivity index (χ4n) is 4.96. The number of piperidine rings is 1. The van der Waals surface area contributed by atoms with E-state index in [2.05, 4.69) is 32.3 Å². The molecule has 0 aliphatic carbocycles. The predicted octanol–water partition coefficient (Wildman–Crippen LogP) is 3.27. The molecule has 3 heterocycles. The zero-order chi connectivity index (χ0) is 26.5. The number of fused-ring (bicyclic) bond motifs is 2. The summed E-state index contributed by atoms with van der Waals surface area (Å²) in [7, 11) is 1.73. The summed E-state index contributed by atoms with van der Waals surface area (Å²) in [6.45, 7) is 8.09. The van der Waals surface area contributed by atoms with Gasteiger partial charge in [-0.2, -0.15) is 5.10 Å². The number of nitrogens with one attached hydrogen (secondary N) is 3. The number of aromatic amines is 1. The highest BCUT2D eigenvalue weighted by Gasteiger charge is 2.31. The topological polar surface area (TPSA) is 119 Å². The van der Waals surface area contributed by atoms with Crippen molar-refractivity contribution in [3.8, 4) is 0 Å². The lowest BCUT2D eigenvalue weighted by molar-refractivity contribution is -0.119. The van der Waals surface area contributed by atoms with Crippen molar-refractivity contribution in [1.82, 2.24) is 25.3 Å². The minimum Gasteiger partial charge on any atom is -0.378 e. The van der Waals surface area contributed by atoms with Gasteiger partial charge in [-0.15, -0.1) is 0 Å². The number of benzene rings is 2. The molecule has 0 radical (unpaired) electrons. The molecule has 2 aliphatic rings. The summed E-state index contributed by atoms with van der Waals surface area (Å²) in [4.78, 5) is 27.3. The Morgan fingerprint density at radius 1 is 1.35 bits per heavy atom. The molecule has 1 unspecified atom stereocenters. The van der Waals surface area contributed by atoms with Crippen LogP contribution < -0.4 is 16.4 Å². The lowest BCUT2D eigenvalue weighted by atomic mass is 10.0. The predicted molar refractivity (Wildman–Crippen MR) is 142 cm³/mol. The first-order chi connectivity index (χ1) is 17.8. The number of aromatic nitrogens is 2. The molecule has 1 atom stereocenters. The quantitative estimate of drug-likeness (QED) is 0.408. The minimum absolute atomic E-state index is 0.195. The number of amides is 3. The summed E-state index contributed by atoms with van der Waals surface area (Å²) in [5, 5.41) is 13.6. The van der Waals surface area contributed by atoms with Crippen LogP contribution in [0.4, 0.5) is 14.9 Å². The van der Waals surface area contributed by atoms with Gasteiger partial charge < -0.3 is 26.2 Å². The molecule has 0 bridgehead atoms. The van der Waals surface area contributed by atoms with Crippen LogP contribution in [-0.4, -0.2) is 64.2 Å². The Hall–Kier alpha value is -3.92. The number of primary amides is 1. The van der Waals surface area contributed by atoms with E-state index in [-0.39, 0.29) is 29.8 Å². The van der Waals surface area contributed by atoms with Gasteiger partial charge in [-0.3, -0.25) is 9.89 Å². The Balaban J connectivity index is 0.000000176. The Bertz CT molecular complexity index is 1280. The number of likely N-dealkylation sites (N-methyl/N-ethyl adjacent to an activating group) is 1. The maximum atomic E-state index is 13.7. The Morgan fingerprint density at radius 3 is 2.78 bits per heavy atom. The van der Waals surface area contributed by atoms with Crippen molar-refractivity contribution in [2.24, 2.45) is 5.73 Å². The van der Waals surface area contributed by atoms with E-state index in [1.165, 1.54) is 6.07 Å². The maximum absolute atomic E-state index is 13.7. The van der Waals surface area contributed by atoms with E-state index in [4.69, 9.17) is 5.73 Å². The van der Waals surface area contributed by atoms with Crippen LogP contribution in [0.3, 0.4) is 0 Å². The number of halogens is 1. The Morgan fingerprint density at radius 2 is 2.11 bits per heavy atom. The van der Waals surface area contributed by atoms with Crippen molar-refractivity contribution < 1.29 is 14.0 Å². The monoisotopic (exact) mass is 507 g/mol. The van der Waals surface area contributed by atoms with E-state index in [9.17, 15) is 14.0 Å². The van der Waals surface area contributed by atoms with Crippen LogP contribution in [0.15, 0.2) is 49.3 Å². The lowest BCUT2D eigenvalue weighted by Crippen LogP contribution is -2.49. The Labute approximate surface area is 215 Å². The van der Waals surface area contributed by atoms with E-state index >= 15 is 0 Å². The number of H-pyrrole nitrogens is 1. The fourth-order valence-corrected chi connectivity index (χ4v) is 4.96. The summed E-state index contributed by atoms with van der Waals surface area (Å²) in [5.74, 6) is -0.700. The minimum atomic E-state index is -0.364. The second-order valence-corrected chi connectivity index (χ2v) is 9.48. The fraction of sp³-hybridized carbons (Fsp3) is 0.370. The largest absolute Gasteiger partial charge is 0.378 e. The highest BCUT2D eigenvalue weighted by molar-refractivity contribution is 5.92. The van der Waals surface area contributed by atoms with Crippen molar-refractivity contribution in [1.29, 1.82) is 0 Å². The average Bonchev–Trinajstić information content (AvgIpc) is 3.37. The molecule has 5 rings (SSSR count). The van der Waals surface area contributed by atoms with E-state index in [0.717, 1.165) is 53.5 Å². The lowest BCUT2D eigenvalue weighted by Gasteiger charge is -2.40. The molecule has 0 saturated carbocycles. The van der Waals surface area contributed by atoms with Crippen molar-refractivity contribution in [2.75, 3.05) is 25.5 Å². The number of urea groups is 1. The third-order valence-electron chi connectivity index (χ3n) is 7.07. The maximum Gasteiger partial charge on any atom is 0.322 e. The second kappa shape index (κ2) is 11.4. The van der Waals surface area contributed by atoms with Crippen LogP contribution >= 0.6 is 0 Å². The summed E-state index contributed by atoms with van der Waals surface area (Å²) in [5.41, 5.74) is 9.71. The number of hydrogen-bond donors (Lipinski definition) is 4. The number of anilines is 1. The molecule has 9 nitrogen and oxygen atoms in total. The second-order valence-electron chi connectivity index (χ2n) is 9.48. The number of para-hydroxylation sites is 1. The molecular formula is C27H34FN7O2. The number of hydrogen-bond acceptors (Lipinski definition) is 5. The molecule has 0 spiro atoms. The Kier molecular flexibility index (Phi) is 8.08. The summed E-state index contributed by atoms with van der Waals surface area (Å²) in [6.07, 6.45) is 6.06. The molecule has 5 N–H and O–H groups in total. The van der Waals surface area contributed by atoms with Gasteiger partial charge in [0.25, 0.3) is 0 Å². The summed E-state index contributed by atoms with van der Waals surface area (Å²) in [6, 6.07) is 8.68. The number of carbonyl (C=O) groups excluding carboxylic acids is 2. The standard InChI is InChI=1S/C15H18FN3O.C12H16N4O/c1-2-18-8-6-12(7-9-18)19-10-11-4-3-5-13(16)14(11)17-15(19)20;1-7-3-8(5-10(14-2)12(13)17)4-9-6-15-16-11(7)9/h2-5,12H,1,6-10H2,(H,17,20);3-4,6,10,14H,5H2,1-2H3,(H2,13,17)(H,15,16).